The molecule has 6 nitrogen and oxygen atoms in total. The molecular formula is C17H20N4O2S. The third kappa shape index (κ3) is 3.32. The number of aromatic nitrogens is 2. The van der Waals surface area contributed by atoms with Gasteiger partial charge in [-0.15, -0.1) is 0 Å². The molecule has 0 amide bonds. The third-order valence-electron chi connectivity index (χ3n) is 4.31. The SMILES string of the molecule is N[C@H]1CCCC[C@@H]1N=Cc1c(O)n(-c2ccccc2)c(=S)[nH]c1=O. The lowest BCUT2D eigenvalue weighted by atomic mass is 9.91. The van der Waals surface area contributed by atoms with E-state index >= 15 is 0 Å². The zero-order chi connectivity index (χ0) is 17.1. The fourth-order valence-corrected chi connectivity index (χ4v) is 3.25. The van der Waals surface area contributed by atoms with E-state index in [-0.39, 0.29) is 28.3 Å². The van der Waals surface area contributed by atoms with Crippen LogP contribution in [0.1, 0.15) is 31.2 Å². The summed E-state index contributed by atoms with van der Waals surface area (Å²) >= 11 is 5.18. The van der Waals surface area contributed by atoms with Crippen LogP contribution in [0.3, 0.4) is 0 Å². The van der Waals surface area contributed by atoms with Crippen molar-refractivity contribution in [1.82, 2.24) is 9.55 Å². The smallest absolute Gasteiger partial charge is 0.264 e. The molecule has 0 bridgehead atoms. The van der Waals surface area contributed by atoms with E-state index in [0.29, 0.717) is 5.69 Å². The molecule has 2 aromatic rings. The predicted molar refractivity (Wildman–Crippen MR) is 96.7 cm³/mol. The lowest BCUT2D eigenvalue weighted by Crippen LogP contribution is -2.36. The molecule has 1 fully saturated rings. The number of benzene rings is 1. The van der Waals surface area contributed by atoms with Crippen molar-refractivity contribution < 1.29 is 5.11 Å². The molecule has 126 valence electrons. The number of hydrogen-bond donors (Lipinski definition) is 3. The van der Waals surface area contributed by atoms with Crippen LogP contribution >= 0.6 is 12.2 Å². The van der Waals surface area contributed by atoms with Crippen LogP contribution in [0.2, 0.25) is 0 Å². The van der Waals surface area contributed by atoms with Gasteiger partial charge in [0.05, 0.1) is 11.7 Å². The summed E-state index contributed by atoms with van der Waals surface area (Å²) in [5, 5.41) is 10.6. The first-order chi connectivity index (χ1) is 11.6. The van der Waals surface area contributed by atoms with Gasteiger partial charge in [-0.05, 0) is 37.2 Å². The van der Waals surface area contributed by atoms with Crippen molar-refractivity contribution in [2.24, 2.45) is 10.7 Å². The summed E-state index contributed by atoms with van der Waals surface area (Å²) in [6.07, 6.45) is 5.43. The maximum Gasteiger partial charge on any atom is 0.264 e. The summed E-state index contributed by atoms with van der Waals surface area (Å²) in [4.78, 5) is 19.2. The van der Waals surface area contributed by atoms with Crippen molar-refractivity contribution in [1.29, 1.82) is 0 Å². The molecule has 4 N–H and O–H groups in total. The second kappa shape index (κ2) is 7.11. The largest absolute Gasteiger partial charge is 0.494 e. The average Bonchev–Trinajstić information content (AvgIpc) is 2.57. The lowest BCUT2D eigenvalue weighted by molar-refractivity contribution is 0.387. The quantitative estimate of drug-likeness (QED) is 0.588. The van der Waals surface area contributed by atoms with E-state index < -0.39 is 5.56 Å². The topological polar surface area (TPSA) is 96.4 Å². The van der Waals surface area contributed by atoms with Crippen molar-refractivity contribution in [3.05, 3.63) is 51.0 Å². The highest BCUT2D eigenvalue weighted by molar-refractivity contribution is 7.71. The summed E-state index contributed by atoms with van der Waals surface area (Å²) in [5.74, 6) is -0.219. The molecule has 3 rings (SSSR count). The molecule has 24 heavy (non-hydrogen) atoms. The number of nitrogens with two attached hydrogens (primary N) is 1. The van der Waals surface area contributed by atoms with E-state index in [1.54, 1.807) is 12.1 Å². The number of nitrogens with zero attached hydrogens (tertiary/aromatic N) is 2. The molecule has 1 saturated carbocycles. The fraction of sp³-hybridized carbons (Fsp3) is 0.353. The van der Waals surface area contributed by atoms with Crippen molar-refractivity contribution in [2.45, 2.75) is 37.8 Å². The summed E-state index contributed by atoms with van der Waals surface area (Å²) in [6.45, 7) is 0. The van der Waals surface area contributed by atoms with E-state index in [1.807, 2.05) is 18.2 Å². The molecule has 0 radical (unpaired) electrons. The Balaban J connectivity index is 2.02. The second-order valence-electron chi connectivity index (χ2n) is 5.96. The Hall–Kier alpha value is -2.25. The fourth-order valence-electron chi connectivity index (χ4n) is 2.97. The Morgan fingerprint density at radius 2 is 2.00 bits per heavy atom. The van der Waals surface area contributed by atoms with Crippen LogP contribution < -0.4 is 11.3 Å². The second-order valence-corrected chi connectivity index (χ2v) is 6.35. The van der Waals surface area contributed by atoms with Gasteiger partial charge in [-0.1, -0.05) is 31.0 Å². The maximum absolute atomic E-state index is 12.2. The highest BCUT2D eigenvalue weighted by Crippen LogP contribution is 2.21. The Morgan fingerprint density at radius 1 is 1.29 bits per heavy atom. The van der Waals surface area contributed by atoms with E-state index in [2.05, 4.69) is 9.98 Å². The van der Waals surface area contributed by atoms with Gasteiger partial charge in [0, 0.05) is 12.3 Å². The lowest BCUT2D eigenvalue weighted by Gasteiger charge is -2.25. The Bertz CT molecular complexity index is 857. The molecular weight excluding hydrogens is 324 g/mol. The molecule has 1 aliphatic carbocycles. The summed E-state index contributed by atoms with van der Waals surface area (Å²) < 4.78 is 1.55. The van der Waals surface area contributed by atoms with Gasteiger partial charge >= 0.3 is 0 Å². The molecule has 0 saturated heterocycles. The van der Waals surface area contributed by atoms with Gasteiger partial charge in [0.15, 0.2) is 4.77 Å². The van der Waals surface area contributed by atoms with Crippen LogP contribution in [0.5, 0.6) is 5.88 Å². The summed E-state index contributed by atoms with van der Waals surface area (Å²) in [6, 6.07) is 9.09. The minimum absolute atomic E-state index is 0.00398. The molecule has 1 aromatic heterocycles. The van der Waals surface area contributed by atoms with Crippen LogP contribution in [-0.4, -0.2) is 33.0 Å². The van der Waals surface area contributed by atoms with Gasteiger partial charge in [0.1, 0.15) is 5.56 Å². The molecule has 1 aromatic carbocycles. The molecule has 0 unspecified atom stereocenters. The van der Waals surface area contributed by atoms with E-state index in [9.17, 15) is 9.90 Å². The van der Waals surface area contributed by atoms with Gasteiger partial charge in [-0.3, -0.25) is 19.3 Å². The number of rotatable bonds is 3. The standard InChI is InChI=1S/C17H20N4O2S/c18-13-8-4-5-9-14(13)19-10-12-15(22)20-17(24)21(16(12)23)11-6-2-1-3-7-11/h1-3,6-7,10,13-14,23H,4-5,8-9,18H2,(H,20,22,24)/t13-,14-/m0/s1. The van der Waals surface area contributed by atoms with E-state index in [0.717, 1.165) is 25.7 Å². The molecule has 2 atom stereocenters. The first-order valence-corrected chi connectivity index (χ1v) is 8.41. The van der Waals surface area contributed by atoms with Crippen LogP contribution in [0.15, 0.2) is 40.1 Å². The first-order valence-electron chi connectivity index (χ1n) is 8.00. The van der Waals surface area contributed by atoms with Crippen LogP contribution in [-0.2, 0) is 0 Å². The van der Waals surface area contributed by atoms with Gasteiger partial charge in [-0.25, -0.2) is 0 Å². The van der Waals surface area contributed by atoms with Gasteiger partial charge in [-0.2, -0.15) is 0 Å². The van der Waals surface area contributed by atoms with Crippen LogP contribution in [0.4, 0.5) is 0 Å². The average molecular weight is 344 g/mol. The van der Waals surface area contributed by atoms with Gasteiger partial charge in [0.25, 0.3) is 5.56 Å². The van der Waals surface area contributed by atoms with Gasteiger partial charge in [0.2, 0.25) is 5.88 Å². The van der Waals surface area contributed by atoms with Crippen molar-refractivity contribution in [3.63, 3.8) is 0 Å². The minimum atomic E-state index is -0.460. The number of H-pyrrole nitrogens is 1. The number of aromatic hydroxyl groups is 1. The Kier molecular flexibility index (Phi) is 4.92. The van der Waals surface area contributed by atoms with Crippen molar-refractivity contribution in [3.8, 4) is 11.6 Å². The Morgan fingerprint density at radius 3 is 2.71 bits per heavy atom. The number of para-hydroxylation sites is 1. The number of nitrogens with one attached hydrogen (secondary N) is 1. The highest BCUT2D eigenvalue weighted by atomic mass is 32.1. The molecule has 1 aliphatic rings. The number of hydrogen-bond acceptors (Lipinski definition) is 5. The zero-order valence-corrected chi connectivity index (χ0v) is 14.0. The monoisotopic (exact) mass is 344 g/mol. The van der Waals surface area contributed by atoms with Crippen molar-refractivity contribution >= 4 is 18.4 Å². The number of aromatic amines is 1. The number of aliphatic imine (C=N–C) groups is 1. The molecule has 1 heterocycles. The highest BCUT2D eigenvalue weighted by Gasteiger charge is 2.21. The first kappa shape index (κ1) is 16.6. The van der Waals surface area contributed by atoms with E-state index in [4.69, 9.17) is 18.0 Å². The third-order valence-corrected chi connectivity index (χ3v) is 4.60. The Labute approximate surface area is 144 Å². The van der Waals surface area contributed by atoms with E-state index in [1.165, 1.54) is 10.8 Å². The zero-order valence-electron chi connectivity index (χ0n) is 13.2. The van der Waals surface area contributed by atoms with Gasteiger partial charge < -0.3 is 10.8 Å². The molecule has 7 heteroatoms. The summed E-state index contributed by atoms with van der Waals surface area (Å²) in [7, 11) is 0. The van der Waals surface area contributed by atoms with Crippen LogP contribution in [0.25, 0.3) is 5.69 Å². The summed E-state index contributed by atoms with van der Waals surface area (Å²) in [5.41, 5.74) is 6.37. The minimum Gasteiger partial charge on any atom is -0.494 e. The maximum atomic E-state index is 12.2. The normalized spacial score (nSPS) is 21.2. The predicted octanol–water partition coefficient (Wildman–Crippen LogP) is 2.29. The molecule has 0 spiro atoms. The van der Waals surface area contributed by atoms with Crippen molar-refractivity contribution in [2.75, 3.05) is 0 Å². The van der Waals surface area contributed by atoms with Crippen LogP contribution in [0, 0.1) is 4.77 Å². The molecule has 0 aliphatic heterocycles.